The van der Waals surface area contributed by atoms with Crippen molar-refractivity contribution in [1.29, 1.82) is 0 Å². The van der Waals surface area contributed by atoms with Crippen LogP contribution in [0.1, 0.15) is 11.4 Å². The van der Waals surface area contributed by atoms with Crippen LogP contribution < -0.4 is 4.72 Å². The second kappa shape index (κ2) is 8.16. The van der Waals surface area contributed by atoms with Crippen molar-refractivity contribution in [2.24, 2.45) is 0 Å². The van der Waals surface area contributed by atoms with Crippen molar-refractivity contribution in [2.45, 2.75) is 13.5 Å². The number of ether oxygens (including phenoxy) is 1. The summed E-state index contributed by atoms with van der Waals surface area (Å²) in [6.45, 7) is 2.44. The number of anilines is 1. The van der Waals surface area contributed by atoms with Crippen LogP contribution in [0.25, 0.3) is 5.69 Å². The number of aromatic nitrogens is 2. The van der Waals surface area contributed by atoms with Crippen molar-refractivity contribution >= 4 is 15.7 Å². The molecule has 1 aromatic heterocycles. The van der Waals surface area contributed by atoms with Gasteiger partial charge < -0.3 is 9.30 Å². The Bertz CT molecular complexity index is 936. The van der Waals surface area contributed by atoms with Gasteiger partial charge in [0.25, 0.3) is 0 Å². The minimum Gasteiger partial charge on any atom is -0.376 e. The van der Waals surface area contributed by atoms with Crippen LogP contribution in [0.2, 0.25) is 0 Å². The van der Waals surface area contributed by atoms with Gasteiger partial charge in [0, 0.05) is 23.8 Å². The maximum Gasteiger partial charge on any atom is 0.234 e. The Labute approximate surface area is 153 Å². The quantitative estimate of drug-likeness (QED) is 0.618. The third-order valence-electron chi connectivity index (χ3n) is 3.85. The van der Waals surface area contributed by atoms with E-state index in [1.165, 1.54) is 0 Å². The highest BCUT2D eigenvalue weighted by Crippen LogP contribution is 2.16. The van der Waals surface area contributed by atoms with E-state index in [1.54, 1.807) is 18.3 Å². The zero-order valence-electron chi connectivity index (χ0n) is 14.5. The lowest BCUT2D eigenvalue weighted by atomic mass is 10.2. The van der Waals surface area contributed by atoms with Gasteiger partial charge in [0.05, 0.1) is 19.0 Å². The number of nitrogens with zero attached hydrogens (tertiary/aromatic N) is 2. The largest absolute Gasteiger partial charge is 0.376 e. The van der Waals surface area contributed by atoms with E-state index in [2.05, 4.69) is 9.71 Å². The number of imidazole rings is 1. The fourth-order valence-electron chi connectivity index (χ4n) is 2.50. The van der Waals surface area contributed by atoms with Crippen molar-refractivity contribution < 1.29 is 13.2 Å². The van der Waals surface area contributed by atoms with E-state index in [0.717, 1.165) is 17.1 Å². The molecule has 0 aliphatic rings. The smallest absolute Gasteiger partial charge is 0.234 e. The third kappa shape index (κ3) is 4.93. The van der Waals surface area contributed by atoms with E-state index in [4.69, 9.17) is 4.74 Å². The van der Waals surface area contributed by atoms with E-state index < -0.39 is 10.0 Å². The highest BCUT2D eigenvalue weighted by molar-refractivity contribution is 7.92. The highest BCUT2D eigenvalue weighted by Gasteiger charge is 2.11. The first-order valence-corrected chi connectivity index (χ1v) is 9.91. The Hall–Kier alpha value is -2.64. The van der Waals surface area contributed by atoms with Gasteiger partial charge in [0.15, 0.2) is 0 Å². The number of sulfonamides is 1. The zero-order valence-corrected chi connectivity index (χ0v) is 15.3. The number of rotatable bonds is 8. The average Bonchev–Trinajstić information content (AvgIpc) is 3.06. The molecule has 0 aliphatic carbocycles. The fraction of sp³-hybridized carbons (Fsp3) is 0.211. The Morgan fingerprint density at radius 2 is 1.81 bits per heavy atom. The number of hydrogen-bond donors (Lipinski definition) is 1. The molecule has 1 N–H and O–H groups in total. The van der Waals surface area contributed by atoms with Crippen LogP contribution in [0.15, 0.2) is 67.0 Å². The lowest BCUT2D eigenvalue weighted by molar-refractivity contribution is 0.135. The van der Waals surface area contributed by atoms with Crippen molar-refractivity contribution in [2.75, 3.05) is 17.1 Å². The molecule has 1 heterocycles. The summed E-state index contributed by atoms with van der Waals surface area (Å²) in [6, 6.07) is 16.8. The van der Waals surface area contributed by atoms with Gasteiger partial charge in [-0.3, -0.25) is 4.72 Å². The molecule has 26 heavy (non-hydrogen) atoms. The summed E-state index contributed by atoms with van der Waals surface area (Å²) in [5.41, 5.74) is 2.46. The molecule has 0 spiro atoms. The first-order valence-electron chi connectivity index (χ1n) is 8.26. The normalized spacial score (nSPS) is 11.4. The van der Waals surface area contributed by atoms with Crippen molar-refractivity contribution in [3.8, 4) is 5.69 Å². The number of benzene rings is 2. The minimum absolute atomic E-state index is 0.0950. The molecule has 136 valence electrons. The molecule has 0 saturated heterocycles. The Morgan fingerprint density at radius 3 is 2.46 bits per heavy atom. The van der Waals surface area contributed by atoms with E-state index in [9.17, 15) is 8.42 Å². The second-order valence-electron chi connectivity index (χ2n) is 5.85. The monoisotopic (exact) mass is 371 g/mol. The summed E-state index contributed by atoms with van der Waals surface area (Å²) >= 11 is 0. The summed E-state index contributed by atoms with van der Waals surface area (Å²) < 4.78 is 34.3. The van der Waals surface area contributed by atoms with E-state index in [-0.39, 0.29) is 12.4 Å². The van der Waals surface area contributed by atoms with Gasteiger partial charge in [-0.2, -0.15) is 0 Å². The molecule has 3 rings (SSSR count). The molecule has 0 unspecified atom stereocenters. The van der Waals surface area contributed by atoms with E-state index in [1.807, 2.05) is 60.2 Å². The molecule has 0 saturated carbocycles. The Kier molecular flexibility index (Phi) is 5.70. The Morgan fingerprint density at radius 1 is 1.08 bits per heavy atom. The topological polar surface area (TPSA) is 73.2 Å². The fourth-order valence-corrected chi connectivity index (χ4v) is 3.44. The van der Waals surface area contributed by atoms with Gasteiger partial charge in [-0.05, 0) is 36.8 Å². The van der Waals surface area contributed by atoms with Crippen molar-refractivity contribution in [3.05, 3.63) is 78.4 Å². The average molecular weight is 371 g/mol. The molecule has 0 aliphatic heterocycles. The number of hydrogen-bond acceptors (Lipinski definition) is 4. The van der Waals surface area contributed by atoms with Crippen LogP contribution in [-0.2, 0) is 21.4 Å². The van der Waals surface area contributed by atoms with Gasteiger partial charge in [-0.1, -0.05) is 30.3 Å². The SMILES string of the molecule is Cc1nccn1-c1ccc(NS(=O)(=O)CCOCc2ccccc2)cc1. The molecule has 0 atom stereocenters. The number of aryl methyl sites for hydroxylation is 1. The van der Waals surface area contributed by atoms with Crippen LogP contribution in [0.4, 0.5) is 5.69 Å². The maximum absolute atomic E-state index is 12.2. The van der Waals surface area contributed by atoms with Crippen molar-refractivity contribution in [3.63, 3.8) is 0 Å². The Balaban J connectivity index is 1.51. The molecule has 2 aromatic carbocycles. The van der Waals surface area contributed by atoms with E-state index >= 15 is 0 Å². The second-order valence-corrected chi connectivity index (χ2v) is 7.69. The summed E-state index contributed by atoms with van der Waals surface area (Å²) in [7, 11) is -3.46. The summed E-state index contributed by atoms with van der Waals surface area (Å²) in [5, 5.41) is 0. The molecule has 7 heteroatoms. The lowest BCUT2D eigenvalue weighted by Gasteiger charge is -2.10. The molecule has 0 radical (unpaired) electrons. The van der Waals surface area contributed by atoms with Crippen LogP contribution in [0, 0.1) is 6.92 Å². The van der Waals surface area contributed by atoms with Gasteiger partial charge >= 0.3 is 0 Å². The van der Waals surface area contributed by atoms with Gasteiger partial charge in [0.2, 0.25) is 10.0 Å². The first kappa shape index (κ1) is 18.2. The zero-order chi connectivity index (χ0) is 18.4. The highest BCUT2D eigenvalue weighted by atomic mass is 32.2. The number of nitrogens with one attached hydrogen (secondary N) is 1. The predicted octanol–water partition coefficient (Wildman–Crippen LogP) is 3.14. The van der Waals surface area contributed by atoms with Crippen LogP contribution in [0.5, 0.6) is 0 Å². The van der Waals surface area contributed by atoms with Crippen LogP contribution in [-0.4, -0.2) is 30.3 Å². The molecular weight excluding hydrogens is 350 g/mol. The van der Waals surface area contributed by atoms with Crippen LogP contribution in [0.3, 0.4) is 0 Å². The summed E-state index contributed by atoms with van der Waals surface area (Å²) in [4.78, 5) is 4.18. The standard InChI is InChI=1S/C19H21N3O3S/c1-16-20-11-12-22(16)19-9-7-18(8-10-19)21-26(23,24)14-13-25-15-17-5-3-2-4-6-17/h2-12,21H,13-15H2,1H3. The molecule has 0 bridgehead atoms. The molecule has 3 aromatic rings. The third-order valence-corrected chi connectivity index (χ3v) is 5.10. The van der Waals surface area contributed by atoms with Crippen molar-refractivity contribution in [1.82, 2.24) is 9.55 Å². The lowest BCUT2D eigenvalue weighted by Crippen LogP contribution is -2.20. The minimum atomic E-state index is -3.46. The summed E-state index contributed by atoms with van der Waals surface area (Å²) in [5.74, 6) is 0.774. The van der Waals surface area contributed by atoms with Gasteiger partial charge in [0.1, 0.15) is 5.82 Å². The predicted molar refractivity (Wildman–Crippen MR) is 102 cm³/mol. The van der Waals surface area contributed by atoms with Gasteiger partial charge in [-0.25, -0.2) is 13.4 Å². The maximum atomic E-state index is 12.2. The molecule has 6 nitrogen and oxygen atoms in total. The molecular formula is C19H21N3O3S. The van der Waals surface area contributed by atoms with Gasteiger partial charge in [-0.15, -0.1) is 0 Å². The first-order chi connectivity index (χ1) is 12.5. The molecule has 0 amide bonds. The molecule has 0 fully saturated rings. The van der Waals surface area contributed by atoms with E-state index in [0.29, 0.717) is 12.3 Å². The van der Waals surface area contributed by atoms with Crippen LogP contribution >= 0.6 is 0 Å². The summed E-state index contributed by atoms with van der Waals surface area (Å²) in [6.07, 6.45) is 3.58.